The maximum absolute atomic E-state index is 12.2. The number of carbonyl (C=O) groups is 4. The van der Waals surface area contributed by atoms with E-state index in [0.717, 1.165) is 0 Å². The second-order valence-corrected chi connectivity index (χ2v) is 5.38. The molecule has 27 heavy (non-hydrogen) atoms. The smallest absolute Gasteiger partial charge is 0.349 e. The number of carboxylic acids is 2. The number of aliphatic carboxylic acids is 2. The van der Waals surface area contributed by atoms with Crippen LogP contribution in [-0.2, 0) is 23.9 Å². The number of hydrogen-bond acceptors (Lipinski definition) is 6. The Bertz CT molecular complexity index is 819. The van der Waals surface area contributed by atoms with Gasteiger partial charge in [0.2, 0.25) is 12.2 Å². The Morgan fingerprint density at radius 3 is 2.04 bits per heavy atom. The Kier molecular flexibility index (Phi) is 6.65. The van der Waals surface area contributed by atoms with Crippen molar-refractivity contribution in [2.24, 2.45) is 0 Å². The molecule has 1 aliphatic carbocycles. The summed E-state index contributed by atoms with van der Waals surface area (Å²) in [6.07, 6.45) is 3.94. The summed E-state index contributed by atoms with van der Waals surface area (Å²) in [5.74, 6) is -5.62. The molecule has 0 bridgehead atoms. The number of hydrogen-bond donors (Lipinski definition) is 2. The van der Waals surface area contributed by atoms with E-state index in [1.165, 1.54) is 36.4 Å². The molecular weight excluding hydrogens is 356 g/mol. The summed E-state index contributed by atoms with van der Waals surface area (Å²) in [6, 6.07) is 7.43. The monoisotopic (exact) mass is 372 g/mol. The number of allylic oxidation sites excluding steroid dienone is 4. The predicted molar refractivity (Wildman–Crippen MR) is 91.8 cm³/mol. The molecular formula is C19H16O8. The van der Waals surface area contributed by atoms with Crippen LogP contribution in [0.1, 0.15) is 16.8 Å². The normalized spacial score (nSPS) is 15.0. The molecule has 0 unspecified atom stereocenters. The zero-order chi connectivity index (χ0) is 19.8. The SMILES string of the molecule is O=C(O[C@H](C(=O)O)[C@H](OC(=O)c1ccccc1)C(=O)O)C1=CC=CCC=C1. The first-order valence-corrected chi connectivity index (χ1v) is 7.86. The summed E-state index contributed by atoms with van der Waals surface area (Å²) in [6.45, 7) is 0. The predicted octanol–water partition coefficient (Wildman–Crippen LogP) is 1.74. The Labute approximate surface area is 154 Å². The van der Waals surface area contributed by atoms with Gasteiger partial charge in [0.05, 0.1) is 11.1 Å². The van der Waals surface area contributed by atoms with Gasteiger partial charge in [0.1, 0.15) is 0 Å². The quantitative estimate of drug-likeness (QED) is 0.693. The van der Waals surface area contributed by atoms with E-state index in [-0.39, 0.29) is 11.1 Å². The molecule has 0 heterocycles. The minimum Gasteiger partial charge on any atom is -0.478 e. The number of carbonyl (C=O) groups excluding carboxylic acids is 2. The standard InChI is InChI=1S/C19H16O8/c20-16(21)14(26-18(24)12-8-4-1-2-5-9-12)15(17(22)23)27-19(25)13-10-6-3-7-11-13/h1,3-11,14-15H,2H2,(H,20,21)(H,22,23)/t14-,15-/m0/s1. The van der Waals surface area contributed by atoms with Crippen molar-refractivity contribution >= 4 is 23.9 Å². The molecule has 8 nitrogen and oxygen atoms in total. The topological polar surface area (TPSA) is 127 Å². The molecule has 0 radical (unpaired) electrons. The number of ether oxygens (including phenoxy) is 2. The summed E-state index contributed by atoms with van der Waals surface area (Å²) >= 11 is 0. The van der Waals surface area contributed by atoms with Crippen LogP contribution in [0.25, 0.3) is 0 Å². The molecule has 0 aromatic heterocycles. The first-order chi connectivity index (χ1) is 12.9. The fourth-order valence-electron chi connectivity index (χ4n) is 2.14. The lowest BCUT2D eigenvalue weighted by Crippen LogP contribution is -2.46. The van der Waals surface area contributed by atoms with E-state index in [2.05, 4.69) is 0 Å². The Morgan fingerprint density at radius 2 is 1.44 bits per heavy atom. The highest BCUT2D eigenvalue weighted by molar-refractivity contribution is 5.96. The lowest BCUT2D eigenvalue weighted by Gasteiger charge is -2.21. The van der Waals surface area contributed by atoms with Gasteiger partial charge in [0.25, 0.3) is 0 Å². The summed E-state index contributed by atoms with van der Waals surface area (Å²) in [5, 5.41) is 18.6. The van der Waals surface area contributed by atoms with Gasteiger partial charge in [0.15, 0.2) is 0 Å². The van der Waals surface area contributed by atoms with E-state index in [4.69, 9.17) is 9.47 Å². The van der Waals surface area contributed by atoms with Crippen molar-refractivity contribution in [3.05, 3.63) is 71.8 Å². The molecule has 1 aliphatic rings. The van der Waals surface area contributed by atoms with Gasteiger partial charge < -0.3 is 19.7 Å². The van der Waals surface area contributed by atoms with Crippen molar-refractivity contribution in [3.8, 4) is 0 Å². The van der Waals surface area contributed by atoms with Crippen LogP contribution in [0.3, 0.4) is 0 Å². The fourth-order valence-corrected chi connectivity index (χ4v) is 2.14. The van der Waals surface area contributed by atoms with E-state index >= 15 is 0 Å². The van der Waals surface area contributed by atoms with E-state index in [1.54, 1.807) is 24.3 Å². The third-order valence-electron chi connectivity index (χ3n) is 3.46. The molecule has 0 amide bonds. The Balaban J connectivity index is 2.20. The van der Waals surface area contributed by atoms with Gasteiger partial charge in [-0.25, -0.2) is 19.2 Å². The molecule has 2 rings (SSSR count). The average molecular weight is 372 g/mol. The van der Waals surface area contributed by atoms with E-state index in [0.29, 0.717) is 6.42 Å². The molecule has 0 spiro atoms. The van der Waals surface area contributed by atoms with Crippen molar-refractivity contribution in [1.29, 1.82) is 0 Å². The van der Waals surface area contributed by atoms with Gasteiger partial charge in [-0.1, -0.05) is 42.5 Å². The molecule has 1 aromatic carbocycles. The van der Waals surface area contributed by atoms with Gasteiger partial charge in [-0.3, -0.25) is 0 Å². The van der Waals surface area contributed by atoms with Crippen LogP contribution in [0.5, 0.6) is 0 Å². The zero-order valence-corrected chi connectivity index (χ0v) is 14.0. The lowest BCUT2D eigenvalue weighted by molar-refractivity contribution is -0.176. The first-order valence-electron chi connectivity index (χ1n) is 7.86. The summed E-state index contributed by atoms with van der Waals surface area (Å²) < 4.78 is 9.60. The van der Waals surface area contributed by atoms with Gasteiger partial charge >= 0.3 is 23.9 Å². The van der Waals surface area contributed by atoms with Gasteiger partial charge in [0, 0.05) is 0 Å². The Morgan fingerprint density at radius 1 is 0.852 bits per heavy atom. The molecule has 0 aliphatic heterocycles. The highest BCUT2D eigenvalue weighted by Crippen LogP contribution is 2.14. The molecule has 0 saturated carbocycles. The van der Waals surface area contributed by atoms with Gasteiger partial charge in [-0.15, -0.1) is 0 Å². The molecule has 1 aromatic rings. The highest BCUT2D eigenvalue weighted by Gasteiger charge is 2.41. The van der Waals surface area contributed by atoms with E-state index in [1.807, 2.05) is 0 Å². The van der Waals surface area contributed by atoms with Crippen LogP contribution in [0.15, 0.2) is 66.3 Å². The Hall–Kier alpha value is -3.68. The number of benzene rings is 1. The zero-order valence-electron chi connectivity index (χ0n) is 14.0. The maximum Gasteiger partial charge on any atom is 0.349 e. The molecule has 8 heteroatoms. The molecule has 140 valence electrons. The third-order valence-corrected chi connectivity index (χ3v) is 3.46. The number of rotatable bonds is 7. The fraction of sp³-hybridized carbons (Fsp3) is 0.158. The van der Waals surface area contributed by atoms with E-state index in [9.17, 15) is 29.4 Å². The first kappa shape index (κ1) is 19.6. The average Bonchev–Trinajstić information content (AvgIpc) is 2.94. The summed E-state index contributed by atoms with van der Waals surface area (Å²) in [5.41, 5.74) is 0.0623. The molecule has 2 N–H and O–H groups in total. The minimum absolute atomic E-state index is 0.0266. The van der Waals surface area contributed by atoms with Crippen LogP contribution < -0.4 is 0 Å². The third kappa shape index (κ3) is 5.40. The molecule has 0 fully saturated rings. The number of carboxylic acid groups (broad SMARTS) is 2. The van der Waals surface area contributed by atoms with Crippen LogP contribution >= 0.6 is 0 Å². The second-order valence-electron chi connectivity index (χ2n) is 5.38. The van der Waals surface area contributed by atoms with Crippen LogP contribution in [-0.4, -0.2) is 46.3 Å². The highest BCUT2D eigenvalue weighted by atomic mass is 16.6. The largest absolute Gasteiger partial charge is 0.478 e. The van der Waals surface area contributed by atoms with E-state index < -0.39 is 36.1 Å². The van der Waals surface area contributed by atoms with Crippen molar-refractivity contribution < 1.29 is 38.9 Å². The molecule has 2 atom stereocenters. The molecule has 0 saturated heterocycles. The number of esters is 2. The van der Waals surface area contributed by atoms with Gasteiger partial charge in [-0.05, 0) is 24.6 Å². The maximum atomic E-state index is 12.2. The minimum atomic E-state index is -2.22. The second kappa shape index (κ2) is 9.14. The van der Waals surface area contributed by atoms with Crippen LogP contribution in [0, 0.1) is 0 Å². The van der Waals surface area contributed by atoms with Crippen molar-refractivity contribution in [2.75, 3.05) is 0 Å². The van der Waals surface area contributed by atoms with Crippen molar-refractivity contribution in [2.45, 2.75) is 18.6 Å². The summed E-state index contributed by atoms with van der Waals surface area (Å²) in [7, 11) is 0. The summed E-state index contributed by atoms with van der Waals surface area (Å²) in [4.78, 5) is 47.2. The van der Waals surface area contributed by atoms with Crippen molar-refractivity contribution in [3.63, 3.8) is 0 Å². The van der Waals surface area contributed by atoms with Crippen LogP contribution in [0.2, 0.25) is 0 Å². The van der Waals surface area contributed by atoms with Crippen molar-refractivity contribution in [1.82, 2.24) is 0 Å². The van der Waals surface area contributed by atoms with Crippen LogP contribution in [0.4, 0.5) is 0 Å². The lowest BCUT2D eigenvalue weighted by atomic mass is 10.1. The van der Waals surface area contributed by atoms with Gasteiger partial charge in [-0.2, -0.15) is 0 Å².